The summed E-state index contributed by atoms with van der Waals surface area (Å²) in [6.45, 7) is 1.96. The Kier molecular flexibility index (Phi) is 4.18. The zero-order chi connectivity index (χ0) is 16.9. The molecule has 0 bridgehead atoms. The summed E-state index contributed by atoms with van der Waals surface area (Å²) in [6.07, 6.45) is 1.65. The molecular weight excluding hydrogens is 300 g/mol. The molecule has 0 radical (unpaired) electrons. The van der Waals surface area contributed by atoms with E-state index in [0.29, 0.717) is 11.4 Å². The van der Waals surface area contributed by atoms with E-state index < -0.39 is 0 Å². The van der Waals surface area contributed by atoms with Crippen LogP contribution in [0.2, 0.25) is 0 Å². The van der Waals surface area contributed by atoms with Crippen molar-refractivity contribution in [1.29, 1.82) is 10.5 Å². The zero-order valence-electron chi connectivity index (χ0n) is 12.9. The van der Waals surface area contributed by atoms with Crippen molar-refractivity contribution >= 4 is 11.6 Å². The molecule has 114 valence electrons. The van der Waals surface area contributed by atoms with Crippen molar-refractivity contribution in [3.8, 4) is 23.5 Å². The molecule has 0 aliphatic carbocycles. The van der Waals surface area contributed by atoms with Crippen LogP contribution in [-0.4, -0.2) is 10.1 Å². The third kappa shape index (κ3) is 3.06. The Morgan fingerprint density at radius 1 is 1.08 bits per heavy atom. The van der Waals surface area contributed by atoms with Crippen LogP contribution >= 0.6 is 0 Å². The van der Waals surface area contributed by atoms with Gasteiger partial charge in [0.05, 0.1) is 11.6 Å². The van der Waals surface area contributed by atoms with Crippen molar-refractivity contribution < 1.29 is 4.52 Å². The molecule has 0 fully saturated rings. The van der Waals surface area contributed by atoms with Gasteiger partial charge in [0.1, 0.15) is 11.6 Å². The van der Waals surface area contributed by atoms with Crippen molar-refractivity contribution in [2.75, 3.05) is 0 Å². The highest BCUT2D eigenvalue weighted by atomic mass is 16.5. The summed E-state index contributed by atoms with van der Waals surface area (Å²) in [4.78, 5) is 4.32. The quantitative estimate of drug-likeness (QED) is 0.683. The summed E-state index contributed by atoms with van der Waals surface area (Å²) in [5.41, 5.74) is 3.50. The molecule has 0 aliphatic heterocycles. The van der Waals surface area contributed by atoms with E-state index in [4.69, 9.17) is 9.78 Å². The van der Waals surface area contributed by atoms with Gasteiger partial charge >= 0.3 is 0 Å². The number of rotatable bonds is 3. The van der Waals surface area contributed by atoms with Crippen LogP contribution in [0.1, 0.15) is 22.6 Å². The summed E-state index contributed by atoms with van der Waals surface area (Å²) in [5, 5.41) is 22.2. The van der Waals surface area contributed by atoms with Crippen molar-refractivity contribution in [2.24, 2.45) is 0 Å². The van der Waals surface area contributed by atoms with Crippen molar-refractivity contribution in [1.82, 2.24) is 10.1 Å². The number of aryl methyl sites for hydroxylation is 1. The second-order valence-corrected chi connectivity index (χ2v) is 5.14. The number of hydrogen-bond donors (Lipinski definition) is 0. The molecule has 0 spiro atoms. The van der Waals surface area contributed by atoms with E-state index in [1.165, 1.54) is 0 Å². The van der Waals surface area contributed by atoms with Crippen LogP contribution in [0.15, 0.2) is 53.1 Å². The number of allylic oxidation sites excluding steroid dienone is 1. The third-order valence-electron chi connectivity index (χ3n) is 3.51. The molecule has 1 aromatic heterocycles. The molecule has 24 heavy (non-hydrogen) atoms. The Labute approximate surface area is 139 Å². The first-order valence-electron chi connectivity index (χ1n) is 7.23. The van der Waals surface area contributed by atoms with Gasteiger partial charge in [-0.1, -0.05) is 41.6 Å². The molecule has 5 heteroatoms. The normalized spacial score (nSPS) is 10.9. The highest BCUT2D eigenvalue weighted by Crippen LogP contribution is 2.23. The smallest absolute Gasteiger partial charge is 0.268 e. The second-order valence-electron chi connectivity index (χ2n) is 5.14. The van der Waals surface area contributed by atoms with Crippen LogP contribution < -0.4 is 0 Å². The van der Waals surface area contributed by atoms with E-state index in [1.54, 1.807) is 30.3 Å². The lowest BCUT2D eigenvalue weighted by atomic mass is 10.1. The van der Waals surface area contributed by atoms with Crippen LogP contribution in [-0.2, 0) is 0 Å². The lowest BCUT2D eigenvalue weighted by molar-refractivity contribution is 0.409. The molecule has 5 nitrogen and oxygen atoms in total. The Morgan fingerprint density at radius 2 is 1.83 bits per heavy atom. The van der Waals surface area contributed by atoms with E-state index in [2.05, 4.69) is 22.3 Å². The van der Waals surface area contributed by atoms with Gasteiger partial charge in [0.2, 0.25) is 5.82 Å². The maximum atomic E-state index is 9.38. The standard InChI is InChI=1S/C19H12N4O/c1-13-4-2-3-5-17(13)18-22-19(24-23-18)16(12-21)10-14-6-8-15(11-20)9-7-14/h2-10H,1H3/b16-10+. The van der Waals surface area contributed by atoms with E-state index in [1.807, 2.05) is 31.2 Å². The topological polar surface area (TPSA) is 86.5 Å². The summed E-state index contributed by atoms with van der Waals surface area (Å²) in [5.74, 6) is 0.615. The average molecular weight is 312 g/mol. The van der Waals surface area contributed by atoms with Gasteiger partial charge in [0.15, 0.2) is 0 Å². The van der Waals surface area contributed by atoms with Gasteiger partial charge in [-0.3, -0.25) is 0 Å². The number of hydrogen-bond acceptors (Lipinski definition) is 5. The van der Waals surface area contributed by atoms with Gasteiger partial charge in [-0.15, -0.1) is 0 Å². The molecule has 0 saturated heterocycles. The van der Waals surface area contributed by atoms with Crippen LogP contribution in [0.5, 0.6) is 0 Å². The van der Waals surface area contributed by atoms with Gasteiger partial charge in [0.25, 0.3) is 5.89 Å². The minimum Gasteiger partial charge on any atom is -0.333 e. The monoisotopic (exact) mass is 312 g/mol. The van der Waals surface area contributed by atoms with Crippen molar-refractivity contribution in [2.45, 2.75) is 6.92 Å². The van der Waals surface area contributed by atoms with E-state index in [-0.39, 0.29) is 11.5 Å². The second kappa shape index (κ2) is 6.60. The minimum absolute atomic E-state index is 0.167. The number of aromatic nitrogens is 2. The Bertz CT molecular complexity index is 985. The molecule has 0 saturated carbocycles. The highest BCUT2D eigenvalue weighted by Gasteiger charge is 2.14. The van der Waals surface area contributed by atoms with Crippen LogP contribution in [0, 0.1) is 29.6 Å². The zero-order valence-corrected chi connectivity index (χ0v) is 12.9. The molecule has 0 aliphatic rings. The lowest BCUT2D eigenvalue weighted by Crippen LogP contribution is -1.86. The highest BCUT2D eigenvalue weighted by molar-refractivity contribution is 5.86. The SMILES string of the molecule is Cc1ccccc1-c1noc(/C(C#N)=C/c2ccc(C#N)cc2)n1. The van der Waals surface area contributed by atoms with Gasteiger partial charge in [-0.05, 0) is 36.3 Å². The summed E-state index contributed by atoms with van der Waals surface area (Å²) in [7, 11) is 0. The van der Waals surface area contributed by atoms with Gasteiger partial charge in [-0.25, -0.2) is 0 Å². The largest absolute Gasteiger partial charge is 0.333 e. The molecule has 2 aromatic carbocycles. The minimum atomic E-state index is 0.167. The molecule has 3 aromatic rings. The fraction of sp³-hybridized carbons (Fsp3) is 0.0526. The van der Waals surface area contributed by atoms with Crippen LogP contribution in [0.3, 0.4) is 0 Å². The first-order valence-corrected chi connectivity index (χ1v) is 7.23. The molecule has 0 unspecified atom stereocenters. The number of nitrogens with zero attached hydrogens (tertiary/aromatic N) is 4. The van der Waals surface area contributed by atoms with Gasteiger partial charge in [-0.2, -0.15) is 15.5 Å². The number of benzene rings is 2. The maximum absolute atomic E-state index is 9.38. The molecule has 0 amide bonds. The Morgan fingerprint density at radius 3 is 2.50 bits per heavy atom. The molecule has 0 N–H and O–H groups in total. The average Bonchev–Trinajstić information content (AvgIpc) is 3.10. The maximum Gasteiger partial charge on any atom is 0.268 e. The van der Waals surface area contributed by atoms with Gasteiger partial charge < -0.3 is 4.52 Å². The van der Waals surface area contributed by atoms with Crippen molar-refractivity contribution in [3.63, 3.8) is 0 Å². The van der Waals surface area contributed by atoms with Crippen LogP contribution in [0.25, 0.3) is 23.0 Å². The first-order chi connectivity index (χ1) is 11.7. The predicted molar refractivity (Wildman–Crippen MR) is 89.1 cm³/mol. The van der Waals surface area contributed by atoms with E-state index >= 15 is 0 Å². The van der Waals surface area contributed by atoms with Gasteiger partial charge in [0, 0.05) is 5.56 Å². The number of nitriles is 2. The summed E-state index contributed by atoms with van der Waals surface area (Å²) in [6, 6.07) is 18.7. The predicted octanol–water partition coefficient (Wildman–Crippen LogP) is 3.98. The first kappa shape index (κ1) is 15.2. The molecule has 0 atom stereocenters. The lowest BCUT2D eigenvalue weighted by Gasteiger charge is -1.98. The molecular formula is C19H12N4O. The Balaban J connectivity index is 1.95. The summed E-state index contributed by atoms with van der Waals surface area (Å²) >= 11 is 0. The van der Waals surface area contributed by atoms with E-state index in [0.717, 1.165) is 16.7 Å². The summed E-state index contributed by atoms with van der Waals surface area (Å²) < 4.78 is 5.24. The fourth-order valence-corrected chi connectivity index (χ4v) is 2.23. The molecule has 3 rings (SSSR count). The Hall–Kier alpha value is -3.70. The third-order valence-corrected chi connectivity index (χ3v) is 3.51. The molecule has 1 heterocycles. The van der Waals surface area contributed by atoms with E-state index in [9.17, 15) is 5.26 Å². The van der Waals surface area contributed by atoms with Crippen molar-refractivity contribution in [3.05, 3.63) is 71.1 Å². The van der Waals surface area contributed by atoms with Crippen LogP contribution in [0.4, 0.5) is 0 Å². The fourth-order valence-electron chi connectivity index (χ4n) is 2.23.